The van der Waals surface area contributed by atoms with E-state index in [-0.39, 0.29) is 18.4 Å². The zero-order valence-electron chi connectivity index (χ0n) is 12.1. The molecular formula is C16H13Cl2IN2O2. The summed E-state index contributed by atoms with van der Waals surface area (Å²) >= 11 is 14.0. The lowest BCUT2D eigenvalue weighted by Crippen LogP contribution is -2.33. The van der Waals surface area contributed by atoms with Crippen LogP contribution in [0.15, 0.2) is 36.4 Å². The van der Waals surface area contributed by atoms with E-state index in [2.05, 4.69) is 10.6 Å². The van der Waals surface area contributed by atoms with Crippen molar-refractivity contribution in [3.63, 3.8) is 0 Å². The molecule has 0 saturated carbocycles. The fourth-order valence-electron chi connectivity index (χ4n) is 1.84. The molecule has 4 nitrogen and oxygen atoms in total. The molecule has 0 saturated heterocycles. The number of carbonyl (C=O) groups is 2. The summed E-state index contributed by atoms with van der Waals surface area (Å²) < 4.78 is 0.756. The first kappa shape index (κ1) is 18.0. The summed E-state index contributed by atoms with van der Waals surface area (Å²) in [5.74, 6) is -0.719. The van der Waals surface area contributed by atoms with Gasteiger partial charge in [-0.15, -0.1) is 0 Å². The van der Waals surface area contributed by atoms with Gasteiger partial charge in [0.05, 0.1) is 22.8 Å². The molecule has 2 N–H and O–H groups in total. The van der Waals surface area contributed by atoms with Crippen molar-refractivity contribution >= 4 is 63.3 Å². The van der Waals surface area contributed by atoms with E-state index in [0.717, 1.165) is 9.13 Å². The van der Waals surface area contributed by atoms with Crippen LogP contribution >= 0.6 is 45.8 Å². The average molecular weight is 463 g/mol. The standard InChI is InChI=1S/C16H13Cl2IN2O2/c1-9-2-5-14(12(18)6-9)21-15(22)8-20-16(23)11-7-10(17)3-4-13(11)19/h2-7H,8H2,1H3,(H,20,23)(H,21,22). The molecule has 0 fully saturated rings. The van der Waals surface area contributed by atoms with Gasteiger partial charge in [0, 0.05) is 8.59 Å². The van der Waals surface area contributed by atoms with E-state index in [9.17, 15) is 9.59 Å². The minimum atomic E-state index is -0.360. The highest BCUT2D eigenvalue weighted by Gasteiger charge is 2.12. The second-order valence-corrected chi connectivity index (χ2v) is 6.84. The fraction of sp³-hybridized carbons (Fsp3) is 0.125. The van der Waals surface area contributed by atoms with Crippen molar-refractivity contribution in [2.75, 3.05) is 11.9 Å². The second kappa shape index (κ2) is 7.99. The van der Waals surface area contributed by atoms with Crippen molar-refractivity contribution in [3.05, 3.63) is 61.1 Å². The number of carbonyl (C=O) groups excluding carboxylic acids is 2. The Morgan fingerprint density at radius 1 is 1.13 bits per heavy atom. The van der Waals surface area contributed by atoms with Crippen LogP contribution in [-0.2, 0) is 4.79 Å². The highest BCUT2D eigenvalue weighted by molar-refractivity contribution is 14.1. The first-order valence-electron chi connectivity index (χ1n) is 6.66. The normalized spacial score (nSPS) is 10.3. The van der Waals surface area contributed by atoms with Crippen molar-refractivity contribution in [2.45, 2.75) is 6.92 Å². The second-order valence-electron chi connectivity index (χ2n) is 4.84. The summed E-state index contributed by atoms with van der Waals surface area (Å²) in [5.41, 5.74) is 1.94. The maximum Gasteiger partial charge on any atom is 0.252 e. The van der Waals surface area contributed by atoms with Gasteiger partial charge in [-0.1, -0.05) is 29.3 Å². The molecule has 0 bridgehead atoms. The van der Waals surface area contributed by atoms with Gasteiger partial charge in [-0.3, -0.25) is 9.59 Å². The van der Waals surface area contributed by atoms with Crippen molar-refractivity contribution in [2.24, 2.45) is 0 Å². The number of amides is 2. The molecule has 2 aromatic carbocycles. The summed E-state index contributed by atoms with van der Waals surface area (Å²) in [6.45, 7) is 1.75. The summed E-state index contributed by atoms with van der Waals surface area (Å²) in [5, 5.41) is 6.13. The number of halogens is 3. The van der Waals surface area contributed by atoms with E-state index in [1.807, 2.05) is 35.6 Å². The van der Waals surface area contributed by atoms with E-state index < -0.39 is 0 Å². The van der Waals surface area contributed by atoms with Crippen molar-refractivity contribution in [1.29, 1.82) is 0 Å². The lowest BCUT2D eigenvalue weighted by molar-refractivity contribution is -0.115. The number of nitrogens with one attached hydrogen (secondary N) is 2. The Morgan fingerprint density at radius 3 is 2.57 bits per heavy atom. The Hall–Kier alpha value is -1.31. The van der Waals surface area contributed by atoms with Crippen molar-refractivity contribution in [3.8, 4) is 0 Å². The van der Waals surface area contributed by atoms with Crippen LogP contribution in [0.2, 0.25) is 10.0 Å². The summed E-state index contributed by atoms with van der Waals surface area (Å²) in [6.07, 6.45) is 0. The Bertz CT molecular complexity index is 766. The quantitative estimate of drug-likeness (QED) is 0.666. The lowest BCUT2D eigenvalue weighted by atomic mass is 10.2. The largest absolute Gasteiger partial charge is 0.343 e. The van der Waals surface area contributed by atoms with Crippen molar-refractivity contribution < 1.29 is 9.59 Å². The molecule has 0 aliphatic rings. The van der Waals surface area contributed by atoms with Crippen LogP contribution in [-0.4, -0.2) is 18.4 Å². The monoisotopic (exact) mass is 462 g/mol. The van der Waals surface area contributed by atoms with E-state index in [1.165, 1.54) is 0 Å². The minimum absolute atomic E-state index is 0.161. The lowest BCUT2D eigenvalue weighted by Gasteiger charge is -2.10. The molecule has 2 amide bonds. The third-order valence-corrected chi connectivity index (χ3v) is 4.47. The van der Waals surface area contributed by atoms with E-state index >= 15 is 0 Å². The van der Waals surface area contributed by atoms with Crippen LogP contribution in [0.4, 0.5) is 5.69 Å². The molecular weight excluding hydrogens is 450 g/mol. The molecule has 120 valence electrons. The van der Waals surface area contributed by atoms with Gasteiger partial charge < -0.3 is 10.6 Å². The first-order valence-corrected chi connectivity index (χ1v) is 8.49. The molecule has 0 heterocycles. The van der Waals surface area contributed by atoms with Gasteiger partial charge in [0.2, 0.25) is 5.91 Å². The van der Waals surface area contributed by atoms with Crippen LogP contribution < -0.4 is 10.6 Å². The molecule has 23 heavy (non-hydrogen) atoms. The van der Waals surface area contributed by atoms with E-state index in [0.29, 0.717) is 21.3 Å². The molecule has 0 aliphatic heterocycles. The van der Waals surface area contributed by atoms with Crippen LogP contribution in [0, 0.1) is 10.5 Å². The molecule has 2 rings (SSSR count). The Morgan fingerprint density at radius 2 is 1.87 bits per heavy atom. The van der Waals surface area contributed by atoms with E-state index in [4.69, 9.17) is 23.2 Å². The molecule has 0 unspecified atom stereocenters. The molecule has 7 heteroatoms. The molecule has 2 aromatic rings. The van der Waals surface area contributed by atoms with Crippen molar-refractivity contribution in [1.82, 2.24) is 5.32 Å². The molecule has 0 aromatic heterocycles. The zero-order valence-corrected chi connectivity index (χ0v) is 15.8. The molecule has 0 aliphatic carbocycles. The van der Waals surface area contributed by atoms with Gasteiger partial charge >= 0.3 is 0 Å². The fourth-order valence-corrected chi connectivity index (χ4v) is 2.88. The Labute approximate surface area is 157 Å². The van der Waals surface area contributed by atoms with Crippen LogP contribution in [0.25, 0.3) is 0 Å². The highest BCUT2D eigenvalue weighted by Crippen LogP contribution is 2.22. The number of rotatable bonds is 4. The third-order valence-electron chi connectivity index (χ3n) is 2.98. The van der Waals surface area contributed by atoms with E-state index in [1.54, 1.807) is 30.3 Å². The predicted octanol–water partition coefficient (Wildman–Crippen LogP) is 4.27. The smallest absolute Gasteiger partial charge is 0.252 e. The average Bonchev–Trinajstić information content (AvgIpc) is 2.50. The van der Waals surface area contributed by atoms with Gasteiger partial charge in [0.1, 0.15) is 0 Å². The van der Waals surface area contributed by atoms with Gasteiger partial charge in [-0.2, -0.15) is 0 Å². The maximum atomic E-state index is 12.1. The molecule has 0 atom stereocenters. The summed E-state index contributed by atoms with van der Waals surface area (Å²) in [4.78, 5) is 24.0. The Balaban J connectivity index is 1.96. The van der Waals surface area contributed by atoms with Crippen LogP contribution in [0.1, 0.15) is 15.9 Å². The molecule has 0 spiro atoms. The predicted molar refractivity (Wildman–Crippen MR) is 101 cm³/mol. The minimum Gasteiger partial charge on any atom is -0.343 e. The summed E-state index contributed by atoms with van der Waals surface area (Å²) in [7, 11) is 0. The van der Waals surface area contributed by atoms with Gasteiger partial charge in [0.25, 0.3) is 5.91 Å². The SMILES string of the molecule is Cc1ccc(NC(=O)CNC(=O)c2cc(Cl)ccc2I)c(Cl)c1. The van der Waals surface area contributed by atoms with Gasteiger partial charge in [-0.25, -0.2) is 0 Å². The number of hydrogen-bond acceptors (Lipinski definition) is 2. The van der Waals surface area contributed by atoms with Gasteiger partial charge in [-0.05, 0) is 65.4 Å². The number of hydrogen-bond donors (Lipinski definition) is 2. The molecule has 0 radical (unpaired) electrons. The van der Waals surface area contributed by atoms with Crippen LogP contribution in [0.5, 0.6) is 0 Å². The topological polar surface area (TPSA) is 58.2 Å². The first-order chi connectivity index (χ1) is 10.9. The number of benzene rings is 2. The third kappa shape index (κ3) is 5.09. The highest BCUT2D eigenvalue weighted by atomic mass is 127. The van der Waals surface area contributed by atoms with Crippen LogP contribution in [0.3, 0.4) is 0 Å². The number of anilines is 1. The Kier molecular flexibility index (Phi) is 6.26. The van der Waals surface area contributed by atoms with Gasteiger partial charge in [0.15, 0.2) is 0 Å². The number of aryl methyl sites for hydroxylation is 1. The maximum absolute atomic E-state index is 12.1. The zero-order chi connectivity index (χ0) is 17.0. The summed E-state index contributed by atoms with van der Waals surface area (Å²) in [6, 6.07) is 10.3.